The summed E-state index contributed by atoms with van der Waals surface area (Å²) in [5.74, 6) is -0.0160. The van der Waals surface area contributed by atoms with Gasteiger partial charge in [0.05, 0.1) is 0 Å². The number of nitrogens with one attached hydrogen (secondary N) is 1. The molecule has 0 aromatic heterocycles. The van der Waals surface area contributed by atoms with Gasteiger partial charge in [-0.3, -0.25) is 4.79 Å². The molecular formula is C14H19NOS. The fourth-order valence-corrected chi connectivity index (χ4v) is 3.44. The van der Waals surface area contributed by atoms with Gasteiger partial charge in [0, 0.05) is 22.8 Å². The standard InChI is InChI=1S/C14H19NOS/c1-11(16)15-12-7-9-14(10-8-12)17-13-5-3-2-4-6-13/h7-10,13H,2-6H2,1H3,(H,15,16). The highest BCUT2D eigenvalue weighted by molar-refractivity contribution is 8.00. The van der Waals surface area contributed by atoms with Crippen LogP contribution < -0.4 is 5.32 Å². The minimum Gasteiger partial charge on any atom is -0.326 e. The van der Waals surface area contributed by atoms with E-state index in [-0.39, 0.29) is 5.91 Å². The lowest BCUT2D eigenvalue weighted by atomic mass is 10.0. The number of thioether (sulfide) groups is 1. The molecule has 1 aromatic carbocycles. The molecule has 1 aliphatic rings. The summed E-state index contributed by atoms with van der Waals surface area (Å²) in [6.07, 6.45) is 6.85. The van der Waals surface area contributed by atoms with Crippen molar-refractivity contribution >= 4 is 23.4 Å². The number of anilines is 1. The molecular weight excluding hydrogens is 230 g/mol. The van der Waals surface area contributed by atoms with E-state index in [0.29, 0.717) is 0 Å². The van der Waals surface area contributed by atoms with Gasteiger partial charge in [-0.2, -0.15) is 0 Å². The van der Waals surface area contributed by atoms with Crippen molar-refractivity contribution < 1.29 is 4.79 Å². The van der Waals surface area contributed by atoms with Crippen LogP contribution in [0.25, 0.3) is 0 Å². The third-order valence-corrected chi connectivity index (χ3v) is 4.38. The predicted octanol–water partition coefficient (Wildman–Crippen LogP) is 4.07. The summed E-state index contributed by atoms with van der Waals surface area (Å²) < 4.78 is 0. The largest absolute Gasteiger partial charge is 0.326 e. The molecule has 1 aliphatic carbocycles. The van der Waals surface area contributed by atoms with Gasteiger partial charge in [0.15, 0.2) is 0 Å². The van der Waals surface area contributed by atoms with Gasteiger partial charge in [0.2, 0.25) is 5.91 Å². The highest BCUT2D eigenvalue weighted by Gasteiger charge is 2.14. The number of carbonyl (C=O) groups excluding carboxylic acids is 1. The van der Waals surface area contributed by atoms with Gasteiger partial charge in [0.25, 0.3) is 0 Å². The van der Waals surface area contributed by atoms with E-state index in [2.05, 4.69) is 17.4 Å². The van der Waals surface area contributed by atoms with Crippen LogP contribution in [0.5, 0.6) is 0 Å². The van der Waals surface area contributed by atoms with Gasteiger partial charge in [-0.25, -0.2) is 0 Å². The molecule has 92 valence electrons. The molecule has 0 spiro atoms. The van der Waals surface area contributed by atoms with Crippen molar-refractivity contribution in [2.75, 3.05) is 5.32 Å². The van der Waals surface area contributed by atoms with E-state index >= 15 is 0 Å². The molecule has 1 fully saturated rings. The van der Waals surface area contributed by atoms with E-state index in [1.54, 1.807) is 0 Å². The Morgan fingerprint density at radius 1 is 1.18 bits per heavy atom. The molecule has 0 atom stereocenters. The Labute approximate surface area is 107 Å². The molecule has 17 heavy (non-hydrogen) atoms. The fourth-order valence-electron chi connectivity index (χ4n) is 2.20. The Morgan fingerprint density at radius 3 is 2.41 bits per heavy atom. The average Bonchev–Trinajstić information content (AvgIpc) is 2.32. The Kier molecular flexibility index (Phi) is 4.49. The number of hydrogen-bond acceptors (Lipinski definition) is 2. The molecule has 0 unspecified atom stereocenters. The summed E-state index contributed by atoms with van der Waals surface area (Å²) in [5, 5.41) is 3.57. The Morgan fingerprint density at radius 2 is 1.82 bits per heavy atom. The van der Waals surface area contributed by atoms with Crippen molar-refractivity contribution in [1.82, 2.24) is 0 Å². The highest BCUT2D eigenvalue weighted by atomic mass is 32.2. The predicted molar refractivity (Wildman–Crippen MR) is 73.5 cm³/mol. The summed E-state index contributed by atoms with van der Waals surface area (Å²) in [6, 6.07) is 8.16. The third-order valence-electron chi connectivity index (χ3n) is 3.03. The number of benzene rings is 1. The molecule has 3 heteroatoms. The molecule has 0 heterocycles. The van der Waals surface area contributed by atoms with Gasteiger partial charge in [-0.1, -0.05) is 19.3 Å². The maximum absolute atomic E-state index is 10.9. The second kappa shape index (κ2) is 6.10. The van der Waals surface area contributed by atoms with E-state index in [1.165, 1.54) is 43.9 Å². The summed E-state index contributed by atoms with van der Waals surface area (Å²) in [7, 11) is 0. The van der Waals surface area contributed by atoms with Crippen LogP contribution in [-0.4, -0.2) is 11.2 Å². The van der Waals surface area contributed by atoms with Crippen LogP contribution in [0, 0.1) is 0 Å². The minimum absolute atomic E-state index is 0.0160. The number of hydrogen-bond donors (Lipinski definition) is 1. The van der Waals surface area contributed by atoms with Gasteiger partial charge in [0.1, 0.15) is 0 Å². The second-order valence-corrected chi connectivity index (χ2v) is 5.96. The molecule has 1 aromatic rings. The normalized spacial score (nSPS) is 16.8. The highest BCUT2D eigenvalue weighted by Crippen LogP contribution is 2.33. The van der Waals surface area contributed by atoms with Crippen LogP contribution in [0.3, 0.4) is 0 Å². The third kappa shape index (κ3) is 4.08. The Hall–Kier alpha value is -0.960. The van der Waals surface area contributed by atoms with Gasteiger partial charge in [-0.15, -0.1) is 11.8 Å². The van der Waals surface area contributed by atoms with Crippen LogP contribution in [0.2, 0.25) is 0 Å². The molecule has 0 aliphatic heterocycles. The summed E-state index contributed by atoms with van der Waals surface area (Å²) in [5.41, 5.74) is 0.880. The lowest BCUT2D eigenvalue weighted by Gasteiger charge is -2.20. The lowest BCUT2D eigenvalue weighted by Crippen LogP contribution is -2.08. The monoisotopic (exact) mass is 249 g/mol. The zero-order valence-corrected chi connectivity index (χ0v) is 11.1. The topological polar surface area (TPSA) is 29.1 Å². The molecule has 0 radical (unpaired) electrons. The SMILES string of the molecule is CC(=O)Nc1ccc(SC2CCCCC2)cc1. The van der Waals surface area contributed by atoms with Crippen molar-refractivity contribution in [3.05, 3.63) is 24.3 Å². The van der Waals surface area contributed by atoms with E-state index < -0.39 is 0 Å². The quantitative estimate of drug-likeness (QED) is 0.875. The van der Waals surface area contributed by atoms with Crippen molar-refractivity contribution in [1.29, 1.82) is 0 Å². The van der Waals surface area contributed by atoms with Gasteiger partial charge >= 0.3 is 0 Å². The van der Waals surface area contributed by atoms with Crippen LogP contribution in [0.15, 0.2) is 29.2 Å². The van der Waals surface area contributed by atoms with E-state index in [4.69, 9.17) is 0 Å². The van der Waals surface area contributed by atoms with Gasteiger partial charge in [-0.05, 0) is 37.1 Å². The zero-order chi connectivity index (χ0) is 12.1. The Bertz CT molecular complexity index is 368. The zero-order valence-electron chi connectivity index (χ0n) is 10.2. The van der Waals surface area contributed by atoms with Crippen LogP contribution >= 0.6 is 11.8 Å². The first-order valence-electron chi connectivity index (χ1n) is 6.28. The molecule has 2 nitrogen and oxygen atoms in total. The van der Waals surface area contributed by atoms with Crippen molar-refractivity contribution in [2.45, 2.75) is 49.2 Å². The van der Waals surface area contributed by atoms with E-state index in [0.717, 1.165) is 10.9 Å². The van der Waals surface area contributed by atoms with E-state index in [9.17, 15) is 4.79 Å². The first kappa shape index (κ1) is 12.5. The molecule has 0 saturated heterocycles. The second-order valence-electron chi connectivity index (χ2n) is 4.58. The lowest BCUT2D eigenvalue weighted by molar-refractivity contribution is -0.114. The maximum Gasteiger partial charge on any atom is 0.221 e. The van der Waals surface area contributed by atoms with Crippen molar-refractivity contribution in [2.24, 2.45) is 0 Å². The summed E-state index contributed by atoms with van der Waals surface area (Å²) in [4.78, 5) is 12.2. The molecule has 0 bridgehead atoms. The number of rotatable bonds is 3. The summed E-state index contributed by atoms with van der Waals surface area (Å²) in [6.45, 7) is 1.53. The first-order chi connectivity index (χ1) is 8.24. The first-order valence-corrected chi connectivity index (χ1v) is 7.16. The van der Waals surface area contributed by atoms with Crippen LogP contribution in [0.1, 0.15) is 39.0 Å². The van der Waals surface area contributed by atoms with Crippen LogP contribution in [0.4, 0.5) is 5.69 Å². The van der Waals surface area contributed by atoms with Gasteiger partial charge < -0.3 is 5.32 Å². The van der Waals surface area contributed by atoms with Crippen LogP contribution in [-0.2, 0) is 4.79 Å². The van der Waals surface area contributed by atoms with Crippen molar-refractivity contribution in [3.63, 3.8) is 0 Å². The van der Waals surface area contributed by atoms with E-state index in [1.807, 2.05) is 23.9 Å². The minimum atomic E-state index is -0.0160. The maximum atomic E-state index is 10.9. The molecule has 1 saturated carbocycles. The molecule has 1 N–H and O–H groups in total. The van der Waals surface area contributed by atoms with Crippen molar-refractivity contribution in [3.8, 4) is 0 Å². The fraction of sp³-hybridized carbons (Fsp3) is 0.500. The average molecular weight is 249 g/mol. The molecule has 1 amide bonds. The Balaban J connectivity index is 1.90. The number of carbonyl (C=O) groups is 1. The number of amides is 1. The summed E-state index contributed by atoms with van der Waals surface area (Å²) >= 11 is 1.98. The molecule has 2 rings (SSSR count). The smallest absolute Gasteiger partial charge is 0.221 e.